The highest BCUT2D eigenvalue weighted by Crippen LogP contribution is 2.30. The van der Waals surface area contributed by atoms with Crippen LogP contribution in [-0.2, 0) is 17.6 Å². The number of aryl methyl sites for hydroxylation is 2. The normalized spacial score (nSPS) is 13.5. The van der Waals surface area contributed by atoms with Gasteiger partial charge in [-0.2, -0.15) is 0 Å². The minimum atomic E-state index is 0.610. The van der Waals surface area contributed by atoms with E-state index in [4.69, 9.17) is 4.74 Å². The predicted octanol–water partition coefficient (Wildman–Crippen LogP) is 2.06. The van der Waals surface area contributed by atoms with Crippen LogP contribution in [0.3, 0.4) is 0 Å². The van der Waals surface area contributed by atoms with Crippen LogP contribution >= 0.6 is 0 Å². The third-order valence-corrected chi connectivity index (χ3v) is 2.58. The summed E-state index contributed by atoms with van der Waals surface area (Å²) in [6.45, 7) is 2.86. The van der Waals surface area contributed by atoms with Crippen molar-refractivity contribution in [3.8, 4) is 5.75 Å². The Labute approximate surface area is 83.9 Å². The van der Waals surface area contributed by atoms with Crippen LogP contribution in [0.5, 0.6) is 5.75 Å². The van der Waals surface area contributed by atoms with Crippen LogP contribution in [0.1, 0.15) is 23.1 Å². The lowest BCUT2D eigenvalue weighted by atomic mass is 10.0. The number of hydrogen-bond acceptors (Lipinski definition) is 2. The first-order valence-corrected chi connectivity index (χ1v) is 5.00. The Balaban J connectivity index is 2.27. The minimum Gasteiger partial charge on any atom is -0.493 e. The summed E-state index contributed by atoms with van der Waals surface area (Å²) in [5, 5.41) is 0. The monoisotopic (exact) mass is 190 g/mol. The molecule has 1 aromatic rings. The van der Waals surface area contributed by atoms with Gasteiger partial charge in [-0.05, 0) is 30.0 Å². The van der Waals surface area contributed by atoms with Gasteiger partial charge >= 0.3 is 0 Å². The van der Waals surface area contributed by atoms with Crippen LogP contribution in [0.2, 0.25) is 0 Å². The van der Waals surface area contributed by atoms with Gasteiger partial charge in [0, 0.05) is 12.8 Å². The molecule has 1 aliphatic rings. The Morgan fingerprint density at radius 1 is 1.50 bits per heavy atom. The summed E-state index contributed by atoms with van der Waals surface area (Å²) in [5.74, 6) is 1.06. The first-order chi connectivity index (χ1) is 6.81. The Kier molecular flexibility index (Phi) is 2.53. The first-order valence-electron chi connectivity index (χ1n) is 5.00. The number of hydrogen-bond donors (Lipinski definition) is 0. The number of aldehydes is 1. The zero-order valence-electron chi connectivity index (χ0n) is 8.38. The highest BCUT2D eigenvalue weighted by Gasteiger charge is 2.15. The van der Waals surface area contributed by atoms with Gasteiger partial charge in [-0.1, -0.05) is 12.1 Å². The van der Waals surface area contributed by atoms with Crippen molar-refractivity contribution in [2.24, 2.45) is 0 Å². The van der Waals surface area contributed by atoms with Crippen LogP contribution in [0.15, 0.2) is 12.1 Å². The molecule has 0 N–H and O–H groups in total. The lowest BCUT2D eigenvalue weighted by Crippen LogP contribution is -1.91. The number of rotatable bonds is 3. The summed E-state index contributed by atoms with van der Waals surface area (Å²) >= 11 is 0. The number of benzene rings is 1. The average Bonchev–Trinajstić information content (AvgIpc) is 2.63. The highest BCUT2D eigenvalue weighted by atomic mass is 16.5. The predicted molar refractivity (Wildman–Crippen MR) is 54.8 cm³/mol. The molecule has 74 valence electrons. The quantitative estimate of drug-likeness (QED) is 0.682. The summed E-state index contributed by atoms with van der Waals surface area (Å²) < 4.78 is 5.52. The van der Waals surface area contributed by atoms with Crippen molar-refractivity contribution in [2.75, 3.05) is 6.61 Å². The third-order valence-electron chi connectivity index (χ3n) is 2.58. The molecule has 0 saturated carbocycles. The molecule has 1 aromatic carbocycles. The number of fused-ring (bicyclic) bond motifs is 1. The van der Waals surface area contributed by atoms with E-state index >= 15 is 0 Å². The fourth-order valence-corrected chi connectivity index (χ4v) is 1.95. The van der Waals surface area contributed by atoms with Gasteiger partial charge in [0.2, 0.25) is 0 Å². The molecule has 14 heavy (non-hydrogen) atoms. The molecule has 0 fully saturated rings. The van der Waals surface area contributed by atoms with Crippen molar-refractivity contribution in [3.63, 3.8) is 0 Å². The van der Waals surface area contributed by atoms with Crippen molar-refractivity contribution in [1.82, 2.24) is 0 Å². The van der Waals surface area contributed by atoms with Crippen molar-refractivity contribution in [2.45, 2.75) is 26.2 Å². The van der Waals surface area contributed by atoms with Gasteiger partial charge in [0.05, 0.1) is 6.61 Å². The Hall–Kier alpha value is -1.31. The molecule has 0 unspecified atom stereocenters. The van der Waals surface area contributed by atoms with E-state index < -0.39 is 0 Å². The second kappa shape index (κ2) is 3.82. The van der Waals surface area contributed by atoms with Crippen LogP contribution in [0, 0.1) is 6.92 Å². The van der Waals surface area contributed by atoms with Crippen molar-refractivity contribution in [1.29, 1.82) is 0 Å². The highest BCUT2D eigenvalue weighted by molar-refractivity contribution is 5.51. The van der Waals surface area contributed by atoms with Gasteiger partial charge in [-0.15, -0.1) is 0 Å². The second-order valence-corrected chi connectivity index (χ2v) is 3.70. The lowest BCUT2D eigenvalue weighted by molar-refractivity contribution is -0.107. The average molecular weight is 190 g/mol. The van der Waals surface area contributed by atoms with Crippen molar-refractivity contribution < 1.29 is 9.53 Å². The van der Waals surface area contributed by atoms with E-state index in [0.717, 1.165) is 31.5 Å². The molecule has 0 atom stereocenters. The fraction of sp³-hybridized carbons (Fsp3) is 0.417. The molecule has 0 bridgehead atoms. The van der Waals surface area contributed by atoms with E-state index in [0.29, 0.717) is 6.42 Å². The molecule has 1 aliphatic heterocycles. The van der Waals surface area contributed by atoms with Gasteiger partial charge in [0.1, 0.15) is 12.0 Å². The van der Waals surface area contributed by atoms with Crippen LogP contribution in [-0.4, -0.2) is 12.9 Å². The smallest absolute Gasteiger partial charge is 0.125 e. The Morgan fingerprint density at radius 3 is 3.14 bits per heavy atom. The maximum atomic E-state index is 10.3. The SMILES string of the molecule is Cc1cc(CCC=O)cc2c1OCC2. The zero-order chi connectivity index (χ0) is 9.97. The van der Waals surface area contributed by atoms with Crippen molar-refractivity contribution >= 4 is 6.29 Å². The summed E-state index contributed by atoms with van der Waals surface area (Å²) in [6, 6.07) is 4.28. The largest absolute Gasteiger partial charge is 0.493 e. The molecule has 0 amide bonds. The Bertz CT molecular complexity index is 356. The van der Waals surface area contributed by atoms with Gasteiger partial charge in [0.25, 0.3) is 0 Å². The fourth-order valence-electron chi connectivity index (χ4n) is 1.95. The zero-order valence-corrected chi connectivity index (χ0v) is 8.38. The molecule has 0 saturated heterocycles. The summed E-state index contributed by atoms with van der Waals surface area (Å²) in [5.41, 5.74) is 3.74. The van der Waals surface area contributed by atoms with Crippen LogP contribution in [0.25, 0.3) is 0 Å². The van der Waals surface area contributed by atoms with Gasteiger partial charge in [0.15, 0.2) is 0 Å². The number of ether oxygens (including phenoxy) is 1. The first kappa shape index (κ1) is 9.25. The molecule has 0 aliphatic carbocycles. The molecule has 1 heterocycles. The molecule has 0 radical (unpaired) electrons. The lowest BCUT2D eigenvalue weighted by Gasteiger charge is -2.06. The molecule has 0 spiro atoms. The van der Waals surface area contributed by atoms with Crippen LogP contribution in [0.4, 0.5) is 0 Å². The molecular weight excluding hydrogens is 176 g/mol. The van der Waals surface area contributed by atoms with E-state index in [1.165, 1.54) is 16.7 Å². The maximum absolute atomic E-state index is 10.3. The molecule has 2 rings (SSSR count). The van der Waals surface area contributed by atoms with Gasteiger partial charge < -0.3 is 9.53 Å². The molecule has 2 nitrogen and oxygen atoms in total. The van der Waals surface area contributed by atoms with E-state index in [1.54, 1.807) is 0 Å². The minimum absolute atomic E-state index is 0.610. The maximum Gasteiger partial charge on any atom is 0.125 e. The number of carbonyl (C=O) groups is 1. The molecule has 2 heteroatoms. The van der Waals surface area contributed by atoms with Crippen LogP contribution < -0.4 is 4.74 Å². The van der Waals surface area contributed by atoms with Gasteiger partial charge in [-0.25, -0.2) is 0 Å². The van der Waals surface area contributed by atoms with E-state index in [9.17, 15) is 4.79 Å². The summed E-state index contributed by atoms with van der Waals surface area (Å²) in [6.07, 6.45) is 3.43. The standard InChI is InChI=1S/C12H14O2/c1-9-7-10(3-2-5-13)8-11-4-6-14-12(9)11/h5,7-8H,2-4,6H2,1H3. The second-order valence-electron chi connectivity index (χ2n) is 3.70. The van der Waals surface area contributed by atoms with E-state index in [1.807, 2.05) is 0 Å². The van der Waals surface area contributed by atoms with Gasteiger partial charge in [-0.3, -0.25) is 0 Å². The van der Waals surface area contributed by atoms with E-state index in [2.05, 4.69) is 19.1 Å². The summed E-state index contributed by atoms with van der Waals surface area (Å²) in [4.78, 5) is 10.3. The molecule has 0 aromatic heterocycles. The molecular formula is C12H14O2. The summed E-state index contributed by atoms with van der Waals surface area (Å²) in [7, 11) is 0. The third kappa shape index (κ3) is 1.65. The van der Waals surface area contributed by atoms with E-state index in [-0.39, 0.29) is 0 Å². The Morgan fingerprint density at radius 2 is 2.36 bits per heavy atom. The van der Waals surface area contributed by atoms with Crippen molar-refractivity contribution in [3.05, 3.63) is 28.8 Å². The number of carbonyl (C=O) groups excluding carboxylic acids is 1. The topological polar surface area (TPSA) is 26.3 Å².